The number of hydrogen-bond donors (Lipinski definition) is 0. The molecule has 0 unspecified atom stereocenters. The summed E-state index contributed by atoms with van der Waals surface area (Å²) in [6.45, 7) is 7.11. The highest BCUT2D eigenvalue weighted by molar-refractivity contribution is 5.92. The molecular weight excluding hydrogens is 449 g/mol. The van der Waals surface area contributed by atoms with Crippen LogP contribution in [0, 0.1) is 12.8 Å². The molecule has 1 amide bonds. The molecule has 2 aliphatic heterocycles. The van der Waals surface area contributed by atoms with Crippen LogP contribution in [-0.4, -0.2) is 71.4 Å². The van der Waals surface area contributed by atoms with Crippen LogP contribution in [0.2, 0.25) is 0 Å². The summed E-state index contributed by atoms with van der Waals surface area (Å²) in [5.41, 5.74) is -1.13. The fourth-order valence-electron chi connectivity index (χ4n) is 4.54. The second-order valence-electron chi connectivity index (χ2n) is 8.94. The van der Waals surface area contributed by atoms with E-state index in [-0.39, 0.29) is 11.4 Å². The molecule has 4 rings (SSSR count). The van der Waals surface area contributed by atoms with Crippen LogP contribution in [0.5, 0.6) is 0 Å². The number of rotatable bonds is 5. The van der Waals surface area contributed by atoms with Gasteiger partial charge in [-0.25, -0.2) is 4.68 Å². The Balaban J connectivity index is 1.44. The molecule has 1 aromatic carbocycles. The first kappa shape index (κ1) is 24.4. The summed E-state index contributed by atoms with van der Waals surface area (Å²) < 4.78 is 46.0. The Morgan fingerprint density at radius 1 is 1.12 bits per heavy atom. The highest BCUT2D eigenvalue weighted by atomic mass is 19.4. The number of carbonyl (C=O) groups is 1. The molecule has 184 valence electrons. The molecule has 2 fully saturated rings. The van der Waals surface area contributed by atoms with Crippen molar-refractivity contribution >= 4 is 5.91 Å². The van der Waals surface area contributed by atoms with Crippen molar-refractivity contribution < 1.29 is 22.7 Å². The van der Waals surface area contributed by atoms with Crippen molar-refractivity contribution in [1.29, 1.82) is 0 Å². The maximum atomic E-state index is 13.1. The minimum absolute atomic E-state index is 0.142. The number of amides is 1. The van der Waals surface area contributed by atoms with Crippen LogP contribution < -0.4 is 5.43 Å². The van der Waals surface area contributed by atoms with Gasteiger partial charge in [-0.05, 0) is 56.8 Å². The first-order valence-electron chi connectivity index (χ1n) is 11.6. The van der Waals surface area contributed by atoms with Gasteiger partial charge in [-0.2, -0.15) is 18.3 Å². The van der Waals surface area contributed by atoms with Gasteiger partial charge in [-0.1, -0.05) is 6.07 Å². The number of alkyl halides is 3. The number of carbonyl (C=O) groups excluding carboxylic acids is 1. The Morgan fingerprint density at radius 2 is 1.82 bits per heavy atom. The minimum atomic E-state index is -4.51. The SMILES string of the molecule is Cc1cc(=O)c(C(=O)N2CCC(CCN3CCOCC3)CC2)nn1-c1cccc(C(F)(F)F)c1. The first-order valence-corrected chi connectivity index (χ1v) is 11.6. The van der Waals surface area contributed by atoms with Gasteiger partial charge in [0.2, 0.25) is 5.43 Å². The van der Waals surface area contributed by atoms with Crippen molar-refractivity contribution in [2.24, 2.45) is 5.92 Å². The average molecular weight is 479 g/mol. The molecule has 0 saturated carbocycles. The van der Waals surface area contributed by atoms with Gasteiger partial charge in [0.15, 0.2) is 5.69 Å². The summed E-state index contributed by atoms with van der Waals surface area (Å²) >= 11 is 0. The van der Waals surface area contributed by atoms with Crippen molar-refractivity contribution in [1.82, 2.24) is 19.6 Å². The normalized spacial score (nSPS) is 18.3. The van der Waals surface area contributed by atoms with Crippen molar-refractivity contribution in [3.63, 3.8) is 0 Å². The Morgan fingerprint density at radius 3 is 2.50 bits per heavy atom. The summed E-state index contributed by atoms with van der Waals surface area (Å²) in [6, 6.07) is 5.92. The van der Waals surface area contributed by atoms with Crippen LogP contribution in [0.1, 0.15) is 41.0 Å². The molecule has 7 nitrogen and oxygen atoms in total. The average Bonchev–Trinajstić information content (AvgIpc) is 2.83. The molecule has 2 aliphatic rings. The number of aryl methyl sites for hydroxylation is 1. The maximum absolute atomic E-state index is 13.1. The summed E-state index contributed by atoms with van der Waals surface area (Å²) in [5, 5.41) is 4.18. The predicted molar refractivity (Wildman–Crippen MR) is 120 cm³/mol. The number of hydrogen-bond acceptors (Lipinski definition) is 5. The van der Waals surface area contributed by atoms with E-state index in [9.17, 15) is 22.8 Å². The third kappa shape index (κ3) is 5.67. The van der Waals surface area contributed by atoms with Gasteiger partial charge < -0.3 is 9.64 Å². The van der Waals surface area contributed by atoms with Crippen molar-refractivity contribution in [2.45, 2.75) is 32.4 Å². The van der Waals surface area contributed by atoms with Crippen LogP contribution in [0.4, 0.5) is 13.2 Å². The van der Waals surface area contributed by atoms with Crippen molar-refractivity contribution in [3.8, 4) is 5.69 Å². The number of morpholine rings is 1. The smallest absolute Gasteiger partial charge is 0.379 e. The van der Waals surface area contributed by atoms with Gasteiger partial charge in [-0.3, -0.25) is 14.5 Å². The van der Waals surface area contributed by atoms with E-state index >= 15 is 0 Å². The quantitative estimate of drug-likeness (QED) is 0.661. The highest BCUT2D eigenvalue weighted by Gasteiger charge is 2.31. The fraction of sp³-hybridized carbons (Fsp3) is 0.542. The van der Waals surface area contributed by atoms with Gasteiger partial charge in [0.1, 0.15) is 0 Å². The summed E-state index contributed by atoms with van der Waals surface area (Å²) in [6.07, 6.45) is -1.74. The monoisotopic (exact) mass is 478 g/mol. The number of halogens is 3. The molecule has 0 bridgehead atoms. The maximum Gasteiger partial charge on any atom is 0.416 e. The van der Waals surface area contributed by atoms with Gasteiger partial charge in [0.05, 0.1) is 24.5 Å². The topological polar surface area (TPSA) is 67.7 Å². The molecule has 0 aliphatic carbocycles. The zero-order valence-corrected chi connectivity index (χ0v) is 19.2. The van der Waals surface area contributed by atoms with E-state index in [4.69, 9.17) is 4.74 Å². The molecule has 0 radical (unpaired) electrons. The lowest BCUT2D eigenvalue weighted by molar-refractivity contribution is -0.137. The summed E-state index contributed by atoms with van der Waals surface area (Å²) in [5.74, 6) is 0.0389. The van der Waals surface area contributed by atoms with Gasteiger partial charge in [0.25, 0.3) is 5.91 Å². The second kappa shape index (κ2) is 10.3. The lowest BCUT2D eigenvalue weighted by Gasteiger charge is -2.33. The zero-order valence-electron chi connectivity index (χ0n) is 19.2. The molecular formula is C24H29F3N4O3. The summed E-state index contributed by atoms with van der Waals surface area (Å²) in [7, 11) is 0. The van der Waals surface area contributed by atoms with E-state index in [2.05, 4.69) is 10.00 Å². The predicted octanol–water partition coefficient (Wildman–Crippen LogP) is 3.13. The number of piperidine rings is 1. The number of benzene rings is 1. The molecule has 10 heteroatoms. The van der Waals surface area contributed by atoms with Crippen molar-refractivity contribution in [2.75, 3.05) is 45.9 Å². The Hall–Kier alpha value is -2.72. The van der Waals surface area contributed by atoms with E-state index in [1.54, 1.807) is 11.8 Å². The number of likely N-dealkylation sites (tertiary alicyclic amines) is 1. The van der Waals surface area contributed by atoms with Crippen LogP contribution >= 0.6 is 0 Å². The Labute approximate surface area is 196 Å². The molecule has 0 spiro atoms. The lowest BCUT2D eigenvalue weighted by Crippen LogP contribution is -2.42. The molecule has 2 aromatic rings. The first-order chi connectivity index (χ1) is 16.2. The number of ether oxygens (including phenoxy) is 1. The van der Waals surface area contributed by atoms with Crippen LogP contribution in [-0.2, 0) is 10.9 Å². The van der Waals surface area contributed by atoms with Crippen LogP contribution in [0.3, 0.4) is 0 Å². The molecule has 0 N–H and O–H groups in total. The fourth-order valence-corrected chi connectivity index (χ4v) is 4.54. The van der Waals surface area contributed by atoms with E-state index < -0.39 is 23.1 Å². The highest BCUT2D eigenvalue weighted by Crippen LogP contribution is 2.30. The Bertz CT molecular complexity index is 1070. The largest absolute Gasteiger partial charge is 0.416 e. The zero-order chi connectivity index (χ0) is 24.3. The van der Waals surface area contributed by atoms with Crippen LogP contribution in [0.25, 0.3) is 5.69 Å². The summed E-state index contributed by atoms with van der Waals surface area (Å²) in [4.78, 5) is 29.7. The minimum Gasteiger partial charge on any atom is -0.379 e. The third-order valence-electron chi connectivity index (χ3n) is 6.59. The van der Waals surface area contributed by atoms with Crippen LogP contribution in [0.15, 0.2) is 35.1 Å². The van der Waals surface area contributed by atoms with E-state index in [0.717, 1.165) is 64.2 Å². The van der Waals surface area contributed by atoms with E-state index in [0.29, 0.717) is 24.7 Å². The molecule has 3 heterocycles. The van der Waals surface area contributed by atoms with Gasteiger partial charge >= 0.3 is 6.18 Å². The third-order valence-corrected chi connectivity index (χ3v) is 6.59. The van der Waals surface area contributed by atoms with Gasteiger partial charge in [-0.15, -0.1) is 0 Å². The lowest BCUT2D eigenvalue weighted by atomic mass is 9.93. The molecule has 0 atom stereocenters. The molecule has 1 aromatic heterocycles. The number of nitrogens with zero attached hydrogens (tertiary/aromatic N) is 4. The van der Waals surface area contributed by atoms with Gasteiger partial charge in [0, 0.05) is 37.9 Å². The van der Waals surface area contributed by atoms with Crippen molar-refractivity contribution in [3.05, 3.63) is 57.5 Å². The second-order valence-corrected chi connectivity index (χ2v) is 8.94. The molecule has 2 saturated heterocycles. The van der Waals surface area contributed by atoms with E-state index in [1.165, 1.54) is 22.9 Å². The number of aromatic nitrogens is 2. The van der Waals surface area contributed by atoms with E-state index in [1.807, 2.05) is 0 Å². The standard InChI is InChI=1S/C24H29F3N4O3/c1-17-15-21(32)22(28-31(17)20-4-2-3-19(16-20)24(25,26)27)23(33)30-9-6-18(7-10-30)5-8-29-11-13-34-14-12-29/h2-4,15-16,18H,5-14H2,1H3. The molecule has 34 heavy (non-hydrogen) atoms. The Kier molecular flexibility index (Phi) is 7.37.